The maximum atomic E-state index is 5.43. The van der Waals surface area contributed by atoms with E-state index < -0.39 is 0 Å². The monoisotopic (exact) mass is 156 g/mol. The van der Waals surface area contributed by atoms with E-state index in [-0.39, 0.29) is 0 Å². The van der Waals surface area contributed by atoms with Gasteiger partial charge in [-0.25, -0.2) is 0 Å². The molecule has 0 radical (unpaired) electrons. The normalized spacial score (nSPS) is 28.9. The zero-order chi connectivity index (χ0) is 8.16. The van der Waals surface area contributed by atoms with Crippen LogP contribution in [0.4, 0.5) is 0 Å². The number of hydrogen-bond donors (Lipinski definition) is 0. The SMILES string of the molecule is CCCCCCC1(CC)CO1. The Morgan fingerprint density at radius 2 is 1.91 bits per heavy atom. The minimum absolute atomic E-state index is 0.341. The van der Waals surface area contributed by atoms with Gasteiger partial charge in [0.1, 0.15) is 0 Å². The van der Waals surface area contributed by atoms with Crippen LogP contribution in [0.15, 0.2) is 0 Å². The molecule has 1 saturated heterocycles. The zero-order valence-corrected chi connectivity index (χ0v) is 7.86. The average molecular weight is 156 g/mol. The Labute approximate surface area is 70.1 Å². The van der Waals surface area contributed by atoms with Gasteiger partial charge in [0, 0.05) is 0 Å². The molecule has 0 aliphatic carbocycles. The Balaban J connectivity index is 1.94. The van der Waals surface area contributed by atoms with Crippen molar-refractivity contribution in [3.05, 3.63) is 0 Å². The van der Waals surface area contributed by atoms with Crippen molar-refractivity contribution >= 4 is 0 Å². The average Bonchev–Trinajstić information content (AvgIpc) is 2.80. The van der Waals surface area contributed by atoms with Crippen LogP contribution >= 0.6 is 0 Å². The Morgan fingerprint density at radius 1 is 1.18 bits per heavy atom. The molecule has 1 aliphatic rings. The molecule has 1 aliphatic heterocycles. The first-order valence-corrected chi connectivity index (χ1v) is 4.97. The van der Waals surface area contributed by atoms with E-state index in [1.165, 1.54) is 38.5 Å². The van der Waals surface area contributed by atoms with E-state index in [0.717, 1.165) is 6.61 Å². The molecule has 0 aromatic rings. The summed E-state index contributed by atoms with van der Waals surface area (Å²) in [4.78, 5) is 0. The maximum Gasteiger partial charge on any atom is 0.0914 e. The molecule has 1 rings (SSSR count). The van der Waals surface area contributed by atoms with Crippen LogP contribution in [0.3, 0.4) is 0 Å². The van der Waals surface area contributed by atoms with Crippen LogP contribution in [0.1, 0.15) is 52.4 Å². The Kier molecular flexibility index (Phi) is 3.38. The van der Waals surface area contributed by atoms with Gasteiger partial charge < -0.3 is 4.74 Å². The highest BCUT2D eigenvalue weighted by molar-refractivity contribution is 4.90. The summed E-state index contributed by atoms with van der Waals surface area (Å²) in [5.41, 5.74) is 0.341. The first kappa shape index (κ1) is 9.05. The van der Waals surface area contributed by atoms with E-state index in [0.29, 0.717) is 5.60 Å². The molecule has 66 valence electrons. The van der Waals surface area contributed by atoms with Crippen molar-refractivity contribution in [3.63, 3.8) is 0 Å². The maximum absolute atomic E-state index is 5.43. The lowest BCUT2D eigenvalue weighted by molar-refractivity contribution is 0.274. The molecular weight excluding hydrogens is 136 g/mol. The quantitative estimate of drug-likeness (QED) is 0.425. The van der Waals surface area contributed by atoms with Crippen molar-refractivity contribution in [2.75, 3.05) is 6.61 Å². The van der Waals surface area contributed by atoms with Crippen molar-refractivity contribution in [2.45, 2.75) is 58.0 Å². The predicted octanol–water partition coefficient (Wildman–Crippen LogP) is 3.14. The van der Waals surface area contributed by atoms with Gasteiger partial charge in [0.2, 0.25) is 0 Å². The lowest BCUT2D eigenvalue weighted by Gasteiger charge is -2.07. The number of epoxide rings is 1. The van der Waals surface area contributed by atoms with E-state index in [1.807, 2.05) is 0 Å². The summed E-state index contributed by atoms with van der Waals surface area (Å²) in [5, 5.41) is 0. The fourth-order valence-electron chi connectivity index (χ4n) is 1.50. The summed E-state index contributed by atoms with van der Waals surface area (Å²) >= 11 is 0. The highest BCUT2D eigenvalue weighted by atomic mass is 16.6. The summed E-state index contributed by atoms with van der Waals surface area (Å²) in [6, 6.07) is 0. The van der Waals surface area contributed by atoms with Crippen LogP contribution in [0.5, 0.6) is 0 Å². The molecule has 1 unspecified atom stereocenters. The van der Waals surface area contributed by atoms with Crippen LogP contribution in [-0.4, -0.2) is 12.2 Å². The second kappa shape index (κ2) is 4.10. The summed E-state index contributed by atoms with van der Waals surface area (Å²) in [6.45, 7) is 5.51. The molecule has 0 bridgehead atoms. The van der Waals surface area contributed by atoms with E-state index in [2.05, 4.69) is 13.8 Å². The lowest BCUT2D eigenvalue weighted by Crippen LogP contribution is -2.08. The van der Waals surface area contributed by atoms with E-state index in [1.54, 1.807) is 0 Å². The molecule has 1 heteroatoms. The fourth-order valence-corrected chi connectivity index (χ4v) is 1.50. The standard InChI is InChI=1S/C10H20O/c1-3-5-6-7-8-10(4-2)9-11-10/h3-9H2,1-2H3. The number of rotatable bonds is 6. The van der Waals surface area contributed by atoms with Crippen LogP contribution in [0.25, 0.3) is 0 Å². The molecule has 0 aromatic carbocycles. The minimum atomic E-state index is 0.341. The molecule has 0 amide bonds. The third kappa shape index (κ3) is 2.82. The molecule has 11 heavy (non-hydrogen) atoms. The zero-order valence-electron chi connectivity index (χ0n) is 7.86. The number of unbranched alkanes of at least 4 members (excludes halogenated alkanes) is 3. The largest absolute Gasteiger partial charge is 0.370 e. The first-order valence-electron chi connectivity index (χ1n) is 4.97. The summed E-state index contributed by atoms with van der Waals surface area (Å²) < 4.78 is 5.43. The van der Waals surface area contributed by atoms with Gasteiger partial charge in [-0.1, -0.05) is 39.5 Å². The molecule has 1 atom stereocenters. The third-order valence-corrected chi connectivity index (χ3v) is 2.68. The van der Waals surface area contributed by atoms with Crippen LogP contribution < -0.4 is 0 Å². The van der Waals surface area contributed by atoms with Crippen molar-refractivity contribution in [1.29, 1.82) is 0 Å². The molecule has 1 nitrogen and oxygen atoms in total. The van der Waals surface area contributed by atoms with Gasteiger partial charge in [-0.2, -0.15) is 0 Å². The summed E-state index contributed by atoms with van der Waals surface area (Å²) in [7, 11) is 0. The molecule has 0 saturated carbocycles. The van der Waals surface area contributed by atoms with Crippen LogP contribution in [0.2, 0.25) is 0 Å². The number of ether oxygens (including phenoxy) is 1. The highest BCUT2D eigenvalue weighted by Crippen LogP contribution is 2.35. The molecule has 0 N–H and O–H groups in total. The fraction of sp³-hybridized carbons (Fsp3) is 1.00. The molecule has 0 aromatic heterocycles. The summed E-state index contributed by atoms with van der Waals surface area (Å²) in [6.07, 6.45) is 7.98. The van der Waals surface area contributed by atoms with Crippen LogP contribution in [0, 0.1) is 0 Å². The Hall–Kier alpha value is -0.0400. The Bertz CT molecular complexity index is 105. The summed E-state index contributed by atoms with van der Waals surface area (Å²) in [5.74, 6) is 0. The molecule has 0 spiro atoms. The van der Waals surface area contributed by atoms with Gasteiger partial charge in [0.25, 0.3) is 0 Å². The molecule has 1 fully saturated rings. The molecule has 1 heterocycles. The van der Waals surface area contributed by atoms with E-state index >= 15 is 0 Å². The topological polar surface area (TPSA) is 12.5 Å². The van der Waals surface area contributed by atoms with Gasteiger partial charge in [-0.05, 0) is 12.8 Å². The highest BCUT2D eigenvalue weighted by Gasteiger charge is 2.41. The third-order valence-electron chi connectivity index (χ3n) is 2.68. The van der Waals surface area contributed by atoms with Crippen molar-refractivity contribution in [2.24, 2.45) is 0 Å². The van der Waals surface area contributed by atoms with Crippen molar-refractivity contribution in [3.8, 4) is 0 Å². The smallest absolute Gasteiger partial charge is 0.0914 e. The van der Waals surface area contributed by atoms with Gasteiger partial charge in [0.05, 0.1) is 12.2 Å². The van der Waals surface area contributed by atoms with Crippen molar-refractivity contribution in [1.82, 2.24) is 0 Å². The van der Waals surface area contributed by atoms with Crippen molar-refractivity contribution < 1.29 is 4.74 Å². The minimum Gasteiger partial charge on any atom is -0.370 e. The Morgan fingerprint density at radius 3 is 2.36 bits per heavy atom. The lowest BCUT2D eigenvalue weighted by atomic mass is 9.99. The van der Waals surface area contributed by atoms with Gasteiger partial charge in [-0.15, -0.1) is 0 Å². The van der Waals surface area contributed by atoms with Gasteiger partial charge in [0.15, 0.2) is 0 Å². The second-order valence-electron chi connectivity index (χ2n) is 3.64. The van der Waals surface area contributed by atoms with E-state index in [4.69, 9.17) is 4.74 Å². The van der Waals surface area contributed by atoms with Gasteiger partial charge in [-0.3, -0.25) is 0 Å². The van der Waals surface area contributed by atoms with E-state index in [9.17, 15) is 0 Å². The second-order valence-corrected chi connectivity index (χ2v) is 3.64. The predicted molar refractivity (Wildman–Crippen MR) is 47.7 cm³/mol. The van der Waals surface area contributed by atoms with Gasteiger partial charge >= 0.3 is 0 Å². The van der Waals surface area contributed by atoms with Crippen LogP contribution in [-0.2, 0) is 4.74 Å². The number of hydrogen-bond acceptors (Lipinski definition) is 1. The first-order chi connectivity index (χ1) is 5.33. The molecular formula is C10H20O.